The van der Waals surface area contributed by atoms with Gasteiger partial charge in [0.05, 0.1) is 19.2 Å². The Kier molecular flexibility index (Phi) is 4.64. The van der Waals surface area contributed by atoms with Crippen LogP contribution in [0.15, 0.2) is 24.3 Å². The Labute approximate surface area is 123 Å². The third-order valence-corrected chi connectivity index (χ3v) is 4.38. The first-order valence-corrected chi connectivity index (χ1v) is 7.69. The highest BCUT2D eigenvalue weighted by Gasteiger charge is 2.25. The highest BCUT2D eigenvalue weighted by Crippen LogP contribution is 2.24. The van der Waals surface area contributed by atoms with Crippen LogP contribution in [-0.4, -0.2) is 4.57 Å². The van der Waals surface area contributed by atoms with Gasteiger partial charge in [0, 0.05) is 13.8 Å². The number of imidazole rings is 1. The van der Waals surface area contributed by atoms with Gasteiger partial charge < -0.3 is 0 Å². The molecule has 0 aliphatic carbocycles. The fourth-order valence-corrected chi connectivity index (χ4v) is 2.88. The predicted molar refractivity (Wildman–Crippen MR) is 84.8 cm³/mol. The Morgan fingerprint density at radius 3 is 2.40 bits per heavy atom. The van der Waals surface area contributed by atoms with Gasteiger partial charge >= 0.3 is 0 Å². The molecule has 0 aliphatic heterocycles. The lowest BCUT2D eigenvalue weighted by Crippen LogP contribution is -2.32. The summed E-state index contributed by atoms with van der Waals surface area (Å²) in [6, 6.07) is 8.68. The Balaban J connectivity index is 2.51. The highest BCUT2D eigenvalue weighted by atomic mass is 15.2. The molecule has 0 radical (unpaired) electrons. The van der Waals surface area contributed by atoms with Gasteiger partial charge in [-0.15, -0.1) is 0 Å². The highest BCUT2D eigenvalue weighted by molar-refractivity contribution is 5.58. The molecule has 108 valence electrons. The third kappa shape index (κ3) is 2.65. The summed E-state index contributed by atoms with van der Waals surface area (Å²) in [7, 11) is 2.18. The molecule has 1 heterocycles. The van der Waals surface area contributed by atoms with Gasteiger partial charge in [0.25, 0.3) is 5.82 Å². The van der Waals surface area contributed by atoms with Gasteiger partial charge in [-0.25, -0.2) is 9.13 Å². The SMILES string of the molecule is CCCCCn1c(C)c(C)[n+](C)c1-c1ccccc1C. The summed E-state index contributed by atoms with van der Waals surface area (Å²) in [6.07, 6.45) is 3.82. The van der Waals surface area contributed by atoms with Crippen molar-refractivity contribution < 1.29 is 4.57 Å². The van der Waals surface area contributed by atoms with Crippen molar-refractivity contribution >= 4 is 0 Å². The monoisotopic (exact) mass is 271 g/mol. The molecule has 0 bridgehead atoms. The number of benzene rings is 1. The lowest BCUT2D eigenvalue weighted by molar-refractivity contribution is -0.665. The van der Waals surface area contributed by atoms with Crippen molar-refractivity contribution in [1.82, 2.24) is 4.57 Å². The van der Waals surface area contributed by atoms with Crippen LogP contribution in [0, 0.1) is 20.8 Å². The Morgan fingerprint density at radius 2 is 1.75 bits per heavy atom. The molecule has 0 saturated carbocycles. The number of aromatic nitrogens is 2. The predicted octanol–water partition coefficient (Wildman–Crippen LogP) is 4.10. The van der Waals surface area contributed by atoms with Crippen LogP contribution in [0.1, 0.15) is 43.1 Å². The fraction of sp³-hybridized carbons (Fsp3) is 0.500. The van der Waals surface area contributed by atoms with Crippen molar-refractivity contribution in [3.05, 3.63) is 41.2 Å². The lowest BCUT2D eigenvalue weighted by Gasteiger charge is -2.06. The van der Waals surface area contributed by atoms with E-state index in [9.17, 15) is 0 Å². The van der Waals surface area contributed by atoms with Crippen molar-refractivity contribution in [2.45, 2.75) is 53.5 Å². The number of hydrogen-bond donors (Lipinski definition) is 0. The average Bonchev–Trinajstić information content (AvgIpc) is 2.65. The first kappa shape index (κ1) is 14.8. The van der Waals surface area contributed by atoms with Crippen LogP contribution in [0.5, 0.6) is 0 Å². The van der Waals surface area contributed by atoms with E-state index in [1.54, 1.807) is 0 Å². The molecule has 2 aromatic rings. The van der Waals surface area contributed by atoms with Gasteiger partial charge in [0.15, 0.2) is 0 Å². The summed E-state index contributed by atoms with van der Waals surface area (Å²) >= 11 is 0. The molecule has 20 heavy (non-hydrogen) atoms. The fourth-order valence-electron chi connectivity index (χ4n) is 2.88. The summed E-state index contributed by atoms with van der Waals surface area (Å²) < 4.78 is 4.83. The van der Waals surface area contributed by atoms with Crippen LogP contribution in [0.4, 0.5) is 0 Å². The molecule has 0 amide bonds. The van der Waals surface area contributed by atoms with E-state index < -0.39 is 0 Å². The molecule has 0 N–H and O–H groups in total. The van der Waals surface area contributed by atoms with Crippen molar-refractivity contribution in [1.29, 1.82) is 0 Å². The summed E-state index contributed by atoms with van der Waals surface area (Å²) in [5, 5.41) is 0. The Bertz CT molecular complexity index is 594. The molecule has 0 fully saturated rings. The van der Waals surface area contributed by atoms with Gasteiger partial charge in [-0.05, 0) is 31.4 Å². The molecular formula is C18H27N2+. The number of nitrogens with zero attached hydrogens (tertiary/aromatic N) is 2. The van der Waals surface area contributed by atoms with Crippen LogP contribution in [0.25, 0.3) is 11.4 Å². The second kappa shape index (κ2) is 6.25. The van der Waals surface area contributed by atoms with E-state index in [1.807, 2.05) is 0 Å². The topological polar surface area (TPSA) is 8.81 Å². The second-order valence-corrected chi connectivity index (χ2v) is 5.73. The van der Waals surface area contributed by atoms with E-state index in [-0.39, 0.29) is 0 Å². The number of unbranched alkanes of at least 4 members (excludes halogenated alkanes) is 2. The smallest absolute Gasteiger partial charge is 0.230 e. The largest absolute Gasteiger partial charge is 0.289 e. The van der Waals surface area contributed by atoms with Crippen molar-refractivity contribution in [2.75, 3.05) is 0 Å². The van der Waals surface area contributed by atoms with Gasteiger partial charge in [-0.2, -0.15) is 0 Å². The standard InChI is InChI=1S/C18H27N2/c1-6-7-10-13-20-16(4)15(3)19(5)18(20)17-12-9-8-11-14(17)2/h8-9,11-12H,6-7,10,13H2,1-5H3/q+1. The van der Waals surface area contributed by atoms with Crippen LogP contribution >= 0.6 is 0 Å². The van der Waals surface area contributed by atoms with Crippen molar-refractivity contribution in [2.24, 2.45) is 7.05 Å². The first-order valence-electron chi connectivity index (χ1n) is 7.69. The molecule has 0 atom stereocenters. The van der Waals surface area contributed by atoms with E-state index in [2.05, 4.69) is 68.1 Å². The van der Waals surface area contributed by atoms with E-state index in [4.69, 9.17) is 0 Å². The molecule has 0 aliphatic rings. The van der Waals surface area contributed by atoms with Crippen LogP contribution < -0.4 is 4.57 Å². The summed E-state index contributed by atoms with van der Waals surface area (Å²) in [6.45, 7) is 10.0. The number of hydrogen-bond acceptors (Lipinski definition) is 0. The molecule has 1 aromatic carbocycles. The quantitative estimate of drug-likeness (QED) is 0.572. The van der Waals surface area contributed by atoms with Crippen LogP contribution in [0.3, 0.4) is 0 Å². The zero-order chi connectivity index (χ0) is 14.7. The molecule has 0 saturated heterocycles. The zero-order valence-corrected chi connectivity index (χ0v) is 13.5. The Morgan fingerprint density at radius 1 is 1.05 bits per heavy atom. The first-order chi connectivity index (χ1) is 9.57. The van der Waals surface area contributed by atoms with Gasteiger partial charge in [0.1, 0.15) is 11.4 Å². The Hall–Kier alpha value is -1.57. The maximum Gasteiger partial charge on any atom is 0.289 e. The maximum absolute atomic E-state index is 2.49. The van der Waals surface area contributed by atoms with Crippen LogP contribution in [0.2, 0.25) is 0 Å². The molecule has 2 nitrogen and oxygen atoms in total. The molecule has 2 heteroatoms. The minimum absolute atomic E-state index is 1.12. The average molecular weight is 271 g/mol. The van der Waals surface area contributed by atoms with E-state index in [1.165, 1.54) is 47.6 Å². The van der Waals surface area contributed by atoms with Crippen LogP contribution in [-0.2, 0) is 13.6 Å². The summed E-state index contributed by atoms with van der Waals surface area (Å²) in [5.74, 6) is 1.34. The third-order valence-electron chi connectivity index (χ3n) is 4.38. The number of aryl methyl sites for hydroxylation is 1. The maximum atomic E-state index is 2.49. The van der Waals surface area contributed by atoms with Crippen molar-refractivity contribution in [3.8, 4) is 11.4 Å². The summed E-state index contributed by atoms with van der Waals surface area (Å²) in [4.78, 5) is 0. The normalized spacial score (nSPS) is 11.1. The van der Waals surface area contributed by atoms with E-state index in [0.29, 0.717) is 0 Å². The molecule has 2 rings (SSSR count). The lowest BCUT2D eigenvalue weighted by atomic mass is 10.1. The second-order valence-electron chi connectivity index (χ2n) is 5.73. The minimum Gasteiger partial charge on any atom is -0.230 e. The number of rotatable bonds is 5. The van der Waals surface area contributed by atoms with E-state index >= 15 is 0 Å². The van der Waals surface area contributed by atoms with Gasteiger partial charge in [-0.1, -0.05) is 31.5 Å². The molecule has 0 unspecified atom stereocenters. The van der Waals surface area contributed by atoms with E-state index in [0.717, 1.165) is 6.54 Å². The molecular weight excluding hydrogens is 244 g/mol. The zero-order valence-electron chi connectivity index (χ0n) is 13.5. The molecule has 0 spiro atoms. The van der Waals surface area contributed by atoms with Gasteiger partial charge in [-0.3, -0.25) is 0 Å². The minimum atomic E-state index is 1.12. The molecule has 1 aromatic heterocycles. The van der Waals surface area contributed by atoms with Crippen molar-refractivity contribution in [3.63, 3.8) is 0 Å². The summed E-state index contributed by atoms with van der Waals surface area (Å²) in [5.41, 5.74) is 5.45. The van der Waals surface area contributed by atoms with Gasteiger partial charge in [0.2, 0.25) is 0 Å².